The third kappa shape index (κ3) is 3.96. The van der Waals surface area contributed by atoms with Crippen molar-refractivity contribution < 1.29 is 14.6 Å². The first kappa shape index (κ1) is 17.6. The van der Waals surface area contributed by atoms with Crippen LogP contribution in [-0.2, 0) is 0 Å². The number of phenols is 1. The zero-order valence-corrected chi connectivity index (χ0v) is 14.3. The van der Waals surface area contributed by atoms with E-state index in [-0.39, 0.29) is 39.8 Å². The van der Waals surface area contributed by atoms with Crippen LogP contribution in [0.5, 0.6) is 17.2 Å². The number of rotatable bonds is 5. The average Bonchev–Trinajstić information content (AvgIpc) is 2.51. The molecule has 122 valence electrons. The molecule has 2 aromatic carbocycles. The number of aromatic hydroxyl groups is 1. The zero-order valence-electron chi connectivity index (χ0n) is 12.8. The topological polar surface area (TPSA) is 72.5 Å². The molecule has 0 aliphatic heterocycles. The van der Waals surface area contributed by atoms with E-state index in [0.29, 0.717) is 11.3 Å². The van der Waals surface area contributed by atoms with Crippen molar-refractivity contribution in [3.05, 3.63) is 51.5 Å². The Hall–Kier alpha value is -1.75. The predicted molar refractivity (Wildman–Crippen MR) is 92.1 cm³/mol. The smallest absolute Gasteiger partial charge is 0.176 e. The van der Waals surface area contributed by atoms with Crippen LogP contribution in [0.15, 0.2) is 30.3 Å². The number of halogens is 2. The molecule has 0 atom stereocenters. The van der Waals surface area contributed by atoms with Crippen LogP contribution in [0, 0.1) is 0 Å². The number of carbonyl (C=O) groups excluding carboxylic acids is 1. The van der Waals surface area contributed by atoms with Gasteiger partial charge in [-0.15, -0.1) is 0 Å². The fraction of sp³-hybridized carbons (Fsp3) is 0.235. The third-order valence-corrected chi connectivity index (χ3v) is 3.91. The number of ether oxygens (including phenoxy) is 1. The zero-order chi connectivity index (χ0) is 17.1. The van der Waals surface area contributed by atoms with Gasteiger partial charge < -0.3 is 15.6 Å². The number of carbonyl (C=O) groups is 1. The minimum absolute atomic E-state index is 0.122. The minimum Gasteiger partial charge on any atom is -0.508 e. The summed E-state index contributed by atoms with van der Waals surface area (Å²) in [6.07, 6.45) is 0. The van der Waals surface area contributed by atoms with Gasteiger partial charge in [0, 0.05) is 11.1 Å². The number of phenolic OH excluding ortho intramolecular Hbond substituents is 1. The van der Waals surface area contributed by atoms with E-state index in [1.807, 2.05) is 13.8 Å². The second-order valence-corrected chi connectivity index (χ2v) is 6.19. The van der Waals surface area contributed by atoms with E-state index < -0.39 is 0 Å². The van der Waals surface area contributed by atoms with Gasteiger partial charge in [-0.2, -0.15) is 0 Å². The van der Waals surface area contributed by atoms with Crippen LogP contribution in [0.1, 0.15) is 35.7 Å². The van der Waals surface area contributed by atoms with Crippen LogP contribution in [0.25, 0.3) is 0 Å². The summed E-state index contributed by atoms with van der Waals surface area (Å²) in [5, 5.41) is 10.3. The number of hydrogen-bond acceptors (Lipinski definition) is 4. The van der Waals surface area contributed by atoms with Gasteiger partial charge in [0.05, 0.1) is 16.6 Å². The lowest BCUT2D eigenvalue weighted by Gasteiger charge is -2.14. The Morgan fingerprint density at radius 2 is 1.83 bits per heavy atom. The van der Waals surface area contributed by atoms with Gasteiger partial charge in [-0.3, -0.25) is 4.79 Å². The normalized spacial score (nSPS) is 10.9. The molecule has 0 saturated heterocycles. The summed E-state index contributed by atoms with van der Waals surface area (Å²) >= 11 is 12.3. The summed E-state index contributed by atoms with van der Waals surface area (Å²) in [5.41, 5.74) is 6.43. The second-order valence-electron chi connectivity index (χ2n) is 5.37. The highest BCUT2D eigenvalue weighted by atomic mass is 35.5. The molecule has 6 heteroatoms. The Kier molecular flexibility index (Phi) is 5.52. The number of ketones is 1. The third-order valence-electron chi connectivity index (χ3n) is 3.35. The highest BCUT2D eigenvalue weighted by molar-refractivity contribution is 6.37. The van der Waals surface area contributed by atoms with Gasteiger partial charge >= 0.3 is 0 Å². The van der Waals surface area contributed by atoms with Crippen LogP contribution < -0.4 is 10.5 Å². The van der Waals surface area contributed by atoms with E-state index in [9.17, 15) is 9.90 Å². The Labute approximate surface area is 144 Å². The molecule has 0 unspecified atom stereocenters. The monoisotopic (exact) mass is 353 g/mol. The molecule has 0 fully saturated rings. The predicted octanol–water partition coefficient (Wildman–Crippen LogP) is 4.76. The highest BCUT2D eigenvalue weighted by Crippen LogP contribution is 2.39. The number of hydrogen-bond donors (Lipinski definition) is 2. The minimum atomic E-state index is -0.257. The van der Waals surface area contributed by atoms with E-state index in [4.69, 9.17) is 33.7 Å². The van der Waals surface area contributed by atoms with Crippen LogP contribution in [-0.4, -0.2) is 17.4 Å². The largest absolute Gasteiger partial charge is 0.508 e. The van der Waals surface area contributed by atoms with Crippen LogP contribution in [0.2, 0.25) is 10.0 Å². The van der Waals surface area contributed by atoms with E-state index in [0.717, 1.165) is 5.56 Å². The number of benzene rings is 2. The van der Waals surface area contributed by atoms with Gasteiger partial charge in [-0.1, -0.05) is 37.0 Å². The maximum atomic E-state index is 11.6. The van der Waals surface area contributed by atoms with Crippen molar-refractivity contribution in [1.29, 1.82) is 0 Å². The van der Waals surface area contributed by atoms with Gasteiger partial charge in [0.2, 0.25) is 0 Å². The molecular formula is C17H17Cl2NO3. The van der Waals surface area contributed by atoms with Crippen molar-refractivity contribution in [2.45, 2.75) is 19.8 Å². The van der Waals surface area contributed by atoms with Gasteiger partial charge in [0.25, 0.3) is 0 Å². The van der Waals surface area contributed by atoms with Crippen LogP contribution in [0.3, 0.4) is 0 Å². The molecule has 0 amide bonds. The molecule has 0 heterocycles. The van der Waals surface area contributed by atoms with E-state index in [1.165, 1.54) is 12.1 Å². The fourth-order valence-electron chi connectivity index (χ4n) is 2.11. The van der Waals surface area contributed by atoms with Crippen molar-refractivity contribution in [2.24, 2.45) is 5.73 Å². The summed E-state index contributed by atoms with van der Waals surface area (Å²) in [6, 6.07) is 7.85. The van der Waals surface area contributed by atoms with E-state index >= 15 is 0 Å². The Morgan fingerprint density at radius 1 is 1.22 bits per heavy atom. The summed E-state index contributed by atoms with van der Waals surface area (Å²) in [6.45, 7) is 3.81. The van der Waals surface area contributed by atoms with Gasteiger partial charge in [-0.05, 0) is 36.2 Å². The summed E-state index contributed by atoms with van der Waals surface area (Å²) < 4.78 is 5.74. The lowest BCUT2D eigenvalue weighted by atomic mass is 10.0. The van der Waals surface area contributed by atoms with Crippen molar-refractivity contribution in [3.8, 4) is 17.2 Å². The molecule has 3 N–H and O–H groups in total. The molecule has 0 aliphatic carbocycles. The second kappa shape index (κ2) is 7.21. The molecule has 4 nitrogen and oxygen atoms in total. The summed E-state index contributed by atoms with van der Waals surface area (Å²) in [5.74, 6) is 0.824. The molecular weight excluding hydrogens is 337 g/mol. The summed E-state index contributed by atoms with van der Waals surface area (Å²) in [7, 11) is 0. The van der Waals surface area contributed by atoms with E-state index in [1.54, 1.807) is 18.2 Å². The number of Topliss-reactive ketones (excluding diaryl/α,β-unsaturated/α-hetero) is 1. The molecule has 0 aliphatic rings. The quantitative estimate of drug-likeness (QED) is 0.760. The standard InChI is InChI=1S/C17H17Cl2NO3/c1-9(2)12-7-11(3-4-15(12)21)23-17-13(18)5-10(6-14(17)19)16(22)8-20/h3-7,9,21H,8,20H2,1-2H3. The maximum Gasteiger partial charge on any atom is 0.176 e. The van der Waals surface area contributed by atoms with Crippen LogP contribution >= 0.6 is 23.2 Å². The number of nitrogens with two attached hydrogens (primary N) is 1. The maximum absolute atomic E-state index is 11.6. The molecule has 2 aromatic rings. The van der Waals surface area contributed by atoms with Gasteiger partial charge in [0.15, 0.2) is 11.5 Å². The first-order valence-electron chi connectivity index (χ1n) is 7.06. The Bertz CT molecular complexity index is 722. The fourth-order valence-corrected chi connectivity index (χ4v) is 2.68. The van der Waals surface area contributed by atoms with Crippen LogP contribution in [0.4, 0.5) is 0 Å². The first-order valence-corrected chi connectivity index (χ1v) is 7.82. The Balaban J connectivity index is 2.37. The lowest BCUT2D eigenvalue weighted by molar-refractivity contribution is 0.100. The summed E-state index contributed by atoms with van der Waals surface area (Å²) in [4.78, 5) is 11.6. The van der Waals surface area contributed by atoms with Gasteiger partial charge in [0.1, 0.15) is 11.5 Å². The SMILES string of the molecule is CC(C)c1cc(Oc2c(Cl)cc(C(=O)CN)cc2Cl)ccc1O. The van der Waals surface area contributed by atoms with Crippen molar-refractivity contribution in [3.63, 3.8) is 0 Å². The Morgan fingerprint density at radius 3 is 2.35 bits per heavy atom. The first-order chi connectivity index (χ1) is 10.8. The molecule has 0 saturated carbocycles. The highest BCUT2D eigenvalue weighted by Gasteiger charge is 2.15. The lowest BCUT2D eigenvalue weighted by Crippen LogP contribution is -2.13. The van der Waals surface area contributed by atoms with Crippen molar-refractivity contribution in [2.75, 3.05) is 6.54 Å². The van der Waals surface area contributed by atoms with Gasteiger partial charge in [-0.25, -0.2) is 0 Å². The molecule has 0 bridgehead atoms. The molecule has 2 rings (SSSR count). The van der Waals surface area contributed by atoms with Crippen molar-refractivity contribution >= 4 is 29.0 Å². The molecule has 0 spiro atoms. The van der Waals surface area contributed by atoms with E-state index in [2.05, 4.69) is 0 Å². The molecule has 23 heavy (non-hydrogen) atoms. The van der Waals surface area contributed by atoms with Crippen molar-refractivity contribution in [1.82, 2.24) is 0 Å². The molecule has 0 aromatic heterocycles. The molecule has 0 radical (unpaired) electrons. The average molecular weight is 354 g/mol.